The van der Waals surface area contributed by atoms with Crippen LogP contribution in [-0.4, -0.2) is 38.3 Å². The Morgan fingerprint density at radius 1 is 1.16 bits per heavy atom. The number of methoxy groups -OCH3 is 1. The number of ether oxygens (including phenoxy) is 1. The van der Waals surface area contributed by atoms with Crippen LogP contribution in [0, 0.1) is 0 Å². The molecule has 0 saturated carbocycles. The highest BCUT2D eigenvalue weighted by Gasteiger charge is 2.10. The standard InChI is InChI=1S/C14H20N4O/c1-19-12-2-3-13-11(10-12)4-7-17-14(13)18(8-5-15)9-6-16/h2-4,7,10H,5-6,8-9,15-16H2,1H3. The molecule has 0 bridgehead atoms. The lowest BCUT2D eigenvalue weighted by Gasteiger charge is -2.23. The van der Waals surface area contributed by atoms with Crippen LogP contribution in [0.3, 0.4) is 0 Å². The van der Waals surface area contributed by atoms with Crippen molar-refractivity contribution in [3.05, 3.63) is 30.5 Å². The average molecular weight is 260 g/mol. The lowest BCUT2D eigenvalue weighted by molar-refractivity contribution is 0.415. The number of pyridine rings is 1. The molecule has 19 heavy (non-hydrogen) atoms. The van der Waals surface area contributed by atoms with Crippen LogP contribution in [0.2, 0.25) is 0 Å². The summed E-state index contributed by atoms with van der Waals surface area (Å²) in [4.78, 5) is 6.59. The number of rotatable bonds is 6. The molecule has 4 N–H and O–H groups in total. The van der Waals surface area contributed by atoms with Crippen molar-refractivity contribution < 1.29 is 4.74 Å². The number of nitrogens with two attached hydrogens (primary N) is 2. The third-order valence-electron chi connectivity index (χ3n) is 3.05. The average Bonchev–Trinajstić information content (AvgIpc) is 2.46. The van der Waals surface area contributed by atoms with Gasteiger partial charge in [-0.15, -0.1) is 0 Å². The topological polar surface area (TPSA) is 77.4 Å². The van der Waals surface area contributed by atoms with Crippen molar-refractivity contribution in [1.82, 2.24) is 4.98 Å². The summed E-state index contributed by atoms with van der Waals surface area (Å²) < 4.78 is 5.24. The Kier molecular flexibility index (Phi) is 4.54. The van der Waals surface area contributed by atoms with Gasteiger partial charge in [0.2, 0.25) is 0 Å². The molecule has 0 atom stereocenters. The van der Waals surface area contributed by atoms with E-state index >= 15 is 0 Å². The third kappa shape index (κ3) is 2.94. The normalized spacial score (nSPS) is 10.7. The van der Waals surface area contributed by atoms with E-state index in [1.807, 2.05) is 24.3 Å². The van der Waals surface area contributed by atoms with Crippen LogP contribution in [0.15, 0.2) is 30.5 Å². The van der Waals surface area contributed by atoms with Crippen molar-refractivity contribution in [3.8, 4) is 5.75 Å². The van der Waals surface area contributed by atoms with Crippen LogP contribution in [0.4, 0.5) is 5.82 Å². The van der Waals surface area contributed by atoms with Crippen molar-refractivity contribution in [3.63, 3.8) is 0 Å². The summed E-state index contributed by atoms with van der Waals surface area (Å²) in [5.74, 6) is 1.77. The number of aromatic nitrogens is 1. The van der Waals surface area contributed by atoms with E-state index in [4.69, 9.17) is 16.2 Å². The van der Waals surface area contributed by atoms with Crippen molar-refractivity contribution in [2.45, 2.75) is 0 Å². The first-order chi connectivity index (χ1) is 9.30. The molecule has 0 fully saturated rings. The quantitative estimate of drug-likeness (QED) is 0.809. The first kappa shape index (κ1) is 13.6. The Hall–Kier alpha value is -1.85. The maximum atomic E-state index is 5.66. The van der Waals surface area contributed by atoms with E-state index in [2.05, 4.69) is 9.88 Å². The molecule has 1 aromatic heterocycles. The maximum Gasteiger partial charge on any atom is 0.136 e. The van der Waals surface area contributed by atoms with E-state index in [-0.39, 0.29) is 0 Å². The number of hydrogen-bond donors (Lipinski definition) is 2. The molecule has 1 aromatic carbocycles. The van der Waals surface area contributed by atoms with Crippen LogP contribution in [0.25, 0.3) is 10.8 Å². The highest BCUT2D eigenvalue weighted by molar-refractivity contribution is 5.93. The molecule has 102 valence electrons. The van der Waals surface area contributed by atoms with Gasteiger partial charge in [-0.3, -0.25) is 0 Å². The van der Waals surface area contributed by atoms with E-state index in [0.29, 0.717) is 13.1 Å². The Bertz CT molecular complexity index is 538. The summed E-state index contributed by atoms with van der Waals surface area (Å²) in [6.07, 6.45) is 1.80. The van der Waals surface area contributed by atoms with Gasteiger partial charge in [-0.2, -0.15) is 0 Å². The van der Waals surface area contributed by atoms with Crippen LogP contribution in [0.1, 0.15) is 0 Å². The molecule has 0 radical (unpaired) electrons. The summed E-state index contributed by atoms with van der Waals surface area (Å²) in [5.41, 5.74) is 11.3. The zero-order valence-electron chi connectivity index (χ0n) is 11.2. The Morgan fingerprint density at radius 3 is 2.53 bits per heavy atom. The second-order valence-electron chi connectivity index (χ2n) is 4.29. The van der Waals surface area contributed by atoms with Gasteiger partial charge in [-0.25, -0.2) is 4.98 Å². The fourth-order valence-corrected chi connectivity index (χ4v) is 2.15. The first-order valence-electron chi connectivity index (χ1n) is 6.38. The van der Waals surface area contributed by atoms with Gasteiger partial charge in [0.05, 0.1) is 7.11 Å². The molecule has 0 unspecified atom stereocenters. The molecule has 0 aliphatic carbocycles. The van der Waals surface area contributed by atoms with Crippen molar-refractivity contribution >= 4 is 16.6 Å². The third-order valence-corrected chi connectivity index (χ3v) is 3.05. The molecule has 0 aliphatic rings. The van der Waals surface area contributed by atoms with Crippen LogP contribution in [0.5, 0.6) is 5.75 Å². The van der Waals surface area contributed by atoms with Gasteiger partial charge in [0, 0.05) is 37.8 Å². The predicted molar refractivity (Wildman–Crippen MR) is 78.6 cm³/mol. The van der Waals surface area contributed by atoms with Gasteiger partial charge < -0.3 is 21.1 Å². The van der Waals surface area contributed by atoms with Gasteiger partial charge in [0.15, 0.2) is 0 Å². The van der Waals surface area contributed by atoms with Gasteiger partial charge in [0.25, 0.3) is 0 Å². The molecule has 0 aliphatic heterocycles. The number of nitrogens with zero attached hydrogens (tertiary/aromatic N) is 2. The van der Waals surface area contributed by atoms with Gasteiger partial charge >= 0.3 is 0 Å². The van der Waals surface area contributed by atoms with Crippen molar-refractivity contribution in [1.29, 1.82) is 0 Å². The van der Waals surface area contributed by atoms with Crippen molar-refractivity contribution in [2.24, 2.45) is 11.5 Å². The lowest BCUT2D eigenvalue weighted by Crippen LogP contribution is -2.34. The largest absolute Gasteiger partial charge is 0.497 e. The zero-order chi connectivity index (χ0) is 13.7. The number of anilines is 1. The Balaban J connectivity index is 2.46. The molecule has 5 nitrogen and oxygen atoms in total. The molecule has 5 heteroatoms. The molecule has 2 aromatic rings. The van der Waals surface area contributed by atoms with E-state index in [0.717, 1.165) is 35.4 Å². The highest BCUT2D eigenvalue weighted by Crippen LogP contribution is 2.27. The second kappa shape index (κ2) is 6.36. The fraction of sp³-hybridized carbons (Fsp3) is 0.357. The predicted octanol–water partition coefficient (Wildman–Crippen LogP) is 0.967. The van der Waals surface area contributed by atoms with Crippen molar-refractivity contribution in [2.75, 3.05) is 38.2 Å². The van der Waals surface area contributed by atoms with Crippen LogP contribution in [-0.2, 0) is 0 Å². The first-order valence-corrected chi connectivity index (χ1v) is 6.38. The monoisotopic (exact) mass is 260 g/mol. The summed E-state index contributed by atoms with van der Waals surface area (Å²) in [6, 6.07) is 7.95. The van der Waals surface area contributed by atoms with Crippen LogP contribution >= 0.6 is 0 Å². The molecule has 2 rings (SSSR count). The second-order valence-corrected chi connectivity index (χ2v) is 4.29. The number of hydrogen-bond acceptors (Lipinski definition) is 5. The minimum atomic E-state index is 0.578. The Labute approximate surface area is 113 Å². The summed E-state index contributed by atoms with van der Waals surface area (Å²) >= 11 is 0. The number of benzene rings is 1. The summed E-state index contributed by atoms with van der Waals surface area (Å²) in [7, 11) is 1.67. The molecular formula is C14H20N4O. The SMILES string of the molecule is COc1ccc2c(N(CCN)CCN)nccc2c1. The summed E-state index contributed by atoms with van der Waals surface area (Å²) in [5, 5.41) is 2.19. The minimum absolute atomic E-state index is 0.578. The Morgan fingerprint density at radius 2 is 1.89 bits per heavy atom. The molecule has 0 amide bonds. The lowest BCUT2D eigenvalue weighted by atomic mass is 10.1. The van der Waals surface area contributed by atoms with E-state index < -0.39 is 0 Å². The van der Waals surface area contributed by atoms with E-state index in [1.54, 1.807) is 13.3 Å². The zero-order valence-corrected chi connectivity index (χ0v) is 11.2. The van der Waals surface area contributed by atoms with Crippen LogP contribution < -0.4 is 21.1 Å². The number of fused-ring (bicyclic) bond motifs is 1. The van der Waals surface area contributed by atoms with E-state index in [9.17, 15) is 0 Å². The molecule has 1 heterocycles. The van der Waals surface area contributed by atoms with E-state index in [1.165, 1.54) is 0 Å². The van der Waals surface area contributed by atoms with Gasteiger partial charge in [-0.1, -0.05) is 0 Å². The van der Waals surface area contributed by atoms with Gasteiger partial charge in [0.1, 0.15) is 11.6 Å². The molecular weight excluding hydrogens is 240 g/mol. The highest BCUT2D eigenvalue weighted by atomic mass is 16.5. The van der Waals surface area contributed by atoms with Gasteiger partial charge in [-0.05, 0) is 29.7 Å². The molecule has 0 spiro atoms. The fourth-order valence-electron chi connectivity index (χ4n) is 2.15. The minimum Gasteiger partial charge on any atom is -0.497 e. The smallest absolute Gasteiger partial charge is 0.136 e. The summed E-state index contributed by atoms with van der Waals surface area (Å²) in [6.45, 7) is 2.65. The molecule has 0 saturated heterocycles. The maximum absolute atomic E-state index is 5.66.